The summed E-state index contributed by atoms with van der Waals surface area (Å²) in [5.74, 6) is -0.0692. The SMILES string of the molecule is CC(C)CNC(=O)[C@@H](Cc1ccccc1)N(Cc1ccc(Cl)cc1)C(=O)CCCN1C(=O)c2cccc3cccc1c23. The van der Waals surface area contributed by atoms with Crippen LogP contribution >= 0.6 is 11.6 Å². The zero-order chi connectivity index (χ0) is 29.6. The molecule has 1 aliphatic rings. The van der Waals surface area contributed by atoms with Crippen molar-refractivity contribution in [3.05, 3.63) is 113 Å². The summed E-state index contributed by atoms with van der Waals surface area (Å²) in [6, 6.07) is 28.1. The van der Waals surface area contributed by atoms with E-state index in [1.54, 1.807) is 21.9 Å². The molecule has 0 unspecified atom stereocenters. The highest BCUT2D eigenvalue weighted by Crippen LogP contribution is 2.37. The molecule has 0 saturated carbocycles. The molecule has 5 rings (SSSR count). The third kappa shape index (κ3) is 6.66. The lowest BCUT2D eigenvalue weighted by molar-refractivity contribution is -0.141. The number of anilines is 1. The third-order valence-electron chi connectivity index (χ3n) is 7.64. The molecule has 7 heteroatoms. The maximum Gasteiger partial charge on any atom is 0.258 e. The van der Waals surface area contributed by atoms with E-state index in [0.717, 1.165) is 27.6 Å². The van der Waals surface area contributed by atoms with Gasteiger partial charge in [0.05, 0.1) is 5.69 Å². The Labute approximate surface area is 252 Å². The van der Waals surface area contributed by atoms with Gasteiger partial charge < -0.3 is 15.1 Å². The Bertz CT molecular complexity index is 1560. The van der Waals surface area contributed by atoms with Gasteiger partial charge in [-0.1, -0.05) is 92.2 Å². The van der Waals surface area contributed by atoms with Crippen molar-refractivity contribution in [2.75, 3.05) is 18.0 Å². The highest BCUT2D eigenvalue weighted by molar-refractivity contribution is 6.30. The monoisotopic (exact) mass is 581 g/mol. The number of nitrogens with one attached hydrogen (secondary N) is 1. The second-order valence-corrected chi connectivity index (χ2v) is 11.7. The average Bonchev–Trinajstić information content (AvgIpc) is 3.27. The minimum absolute atomic E-state index is 0.0395. The first-order valence-corrected chi connectivity index (χ1v) is 14.9. The van der Waals surface area contributed by atoms with E-state index in [9.17, 15) is 14.4 Å². The molecule has 1 atom stereocenters. The quantitative estimate of drug-likeness (QED) is 0.204. The number of hydrogen-bond donors (Lipinski definition) is 1. The summed E-state index contributed by atoms with van der Waals surface area (Å²) in [6.07, 6.45) is 1.07. The Kier molecular flexibility index (Phi) is 9.23. The van der Waals surface area contributed by atoms with Gasteiger partial charge in [0.25, 0.3) is 5.91 Å². The van der Waals surface area contributed by atoms with Gasteiger partial charge in [-0.3, -0.25) is 14.4 Å². The van der Waals surface area contributed by atoms with Crippen LogP contribution in [0.5, 0.6) is 0 Å². The summed E-state index contributed by atoms with van der Waals surface area (Å²) in [5.41, 5.74) is 3.45. The molecule has 42 heavy (non-hydrogen) atoms. The molecule has 0 saturated heterocycles. The van der Waals surface area contributed by atoms with Crippen molar-refractivity contribution in [1.82, 2.24) is 10.2 Å². The lowest BCUT2D eigenvalue weighted by Gasteiger charge is -2.32. The van der Waals surface area contributed by atoms with Crippen LogP contribution < -0.4 is 10.2 Å². The van der Waals surface area contributed by atoms with Gasteiger partial charge in [0.15, 0.2) is 0 Å². The fourth-order valence-corrected chi connectivity index (χ4v) is 5.62. The molecular formula is C35H36ClN3O3. The number of hydrogen-bond acceptors (Lipinski definition) is 3. The van der Waals surface area contributed by atoms with Crippen LogP contribution in [0, 0.1) is 5.92 Å². The zero-order valence-corrected chi connectivity index (χ0v) is 24.8. The van der Waals surface area contributed by atoms with Gasteiger partial charge in [0.1, 0.15) is 6.04 Å². The van der Waals surface area contributed by atoms with Crippen LogP contribution in [-0.2, 0) is 22.6 Å². The van der Waals surface area contributed by atoms with Crippen molar-refractivity contribution in [2.45, 2.75) is 45.7 Å². The average molecular weight is 582 g/mol. The van der Waals surface area contributed by atoms with Crippen LogP contribution in [0.4, 0.5) is 5.69 Å². The van der Waals surface area contributed by atoms with Crippen LogP contribution in [0.25, 0.3) is 10.8 Å². The van der Waals surface area contributed by atoms with Crippen molar-refractivity contribution in [2.24, 2.45) is 5.92 Å². The van der Waals surface area contributed by atoms with Gasteiger partial charge in [-0.2, -0.15) is 0 Å². The molecular weight excluding hydrogens is 546 g/mol. The molecule has 6 nitrogen and oxygen atoms in total. The first-order valence-electron chi connectivity index (χ1n) is 14.5. The van der Waals surface area contributed by atoms with Gasteiger partial charge in [-0.25, -0.2) is 0 Å². The van der Waals surface area contributed by atoms with Crippen molar-refractivity contribution in [3.63, 3.8) is 0 Å². The minimum atomic E-state index is -0.694. The Morgan fingerprint density at radius 2 is 1.60 bits per heavy atom. The second kappa shape index (κ2) is 13.2. The Balaban J connectivity index is 1.37. The van der Waals surface area contributed by atoms with E-state index in [4.69, 9.17) is 11.6 Å². The lowest BCUT2D eigenvalue weighted by atomic mass is 10.0. The van der Waals surface area contributed by atoms with Crippen LogP contribution in [0.2, 0.25) is 5.02 Å². The molecule has 0 spiro atoms. The topological polar surface area (TPSA) is 69.7 Å². The number of halogens is 1. The number of rotatable bonds is 12. The fourth-order valence-electron chi connectivity index (χ4n) is 5.50. The summed E-state index contributed by atoms with van der Waals surface area (Å²) in [6.45, 7) is 5.30. The van der Waals surface area contributed by atoms with E-state index < -0.39 is 6.04 Å². The molecule has 1 heterocycles. The van der Waals surface area contributed by atoms with E-state index in [-0.39, 0.29) is 36.6 Å². The standard InChI is InChI=1S/C35H36ClN3O3/c1-24(2)22-37-34(41)31(21-25-9-4-3-5-10-25)39(23-26-16-18-28(36)19-17-26)32(40)15-8-20-38-30-14-7-12-27-11-6-13-29(33(27)30)35(38)42/h3-7,9-14,16-19,24,31H,8,15,20-23H2,1-2H3,(H,37,41)/t31-/m1/s1. The number of carbonyl (C=O) groups excluding carboxylic acids is 3. The molecule has 3 amide bonds. The van der Waals surface area contributed by atoms with E-state index >= 15 is 0 Å². The van der Waals surface area contributed by atoms with Crippen molar-refractivity contribution < 1.29 is 14.4 Å². The Morgan fingerprint density at radius 3 is 2.31 bits per heavy atom. The normalized spacial score (nSPS) is 13.0. The lowest BCUT2D eigenvalue weighted by Crippen LogP contribution is -2.51. The highest BCUT2D eigenvalue weighted by atomic mass is 35.5. The summed E-state index contributed by atoms with van der Waals surface area (Å²) >= 11 is 6.13. The Morgan fingerprint density at radius 1 is 0.881 bits per heavy atom. The second-order valence-electron chi connectivity index (χ2n) is 11.2. The summed E-state index contributed by atoms with van der Waals surface area (Å²) < 4.78 is 0. The Hall–Kier alpha value is -4.16. The zero-order valence-electron chi connectivity index (χ0n) is 24.1. The molecule has 1 N–H and O–H groups in total. The molecule has 0 radical (unpaired) electrons. The molecule has 0 fully saturated rings. The molecule has 0 aromatic heterocycles. The molecule has 4 aromatic rings. The molecule has 1 aliphatic heterocycles. The molecule has 0 aliphatic carbocycles. The van der Waals surface area contributed by atoms with E-state index in [1.165, 1.54) is 0 Å². The summed E-state index contributed by atoms with van der Waals surface area (Å²) in [7, 11) is 0. The predicted molar refractivity (Wildman–Crippen MR) is 169 cm³/mol. The van der Waals surface area contributed by atoms with Crippen LogP contribution in [0.1, 0.15) is 48.2 Å². The smallest absolute Gasteiger partial charge is 0.258 e. The molecule has 216 valence electrons. The maximum atomic E-state index is 14.0. The van der Waals surface area contributed by atoms with Crippen LogP contribution in [-0.4, -0.2) is 41.8 Å². The largest absolute Gasteiger partial charge is 0.354 e. The van der Waals surface area contributed by atoms with Crippen LogP contribution in [0.3, 0.4) is 0 Å². The van der Waals surface area contributed by atoms with E-state index in [2.05, 4.69) is 5.32 Å². The van der Waals surface area contributed by atoms with Crippen molar-refractivity contribution >= 4 is 45.8 Å². The third-order valence-corrected chi connectivity index (χ3v) is 7.90. The molecule has 4 aromatic carbocycles. The first-order chi connectivity index (χ1) is 20.3. The highest BCUT2D eigenvalue weighted by Gasteiger charge is 2.32. The van der Waals surface area contributed by atoms with E-state index in [1.807, 2.05) is 92.7 Å². The van der Waals surface area contributed by atoms with Crippen molar-refractivity contribution in [3.8, 4) is 0 Å². The maximum absolute atomic E-state index is 14.0. The molecule has 0 bridgehead atoms. The summed E-state index contributed by atoms with van der Waals surface area (Å²) in [4.78, 5) is 44.3. The minimum Gasteiger partial charge on any atom is -0.354 e. The number of amides is 3. The number of carbonyl (C=O) groups is 3. The number of nitrogens with zero attached hydrogens (tertiary/aromatic N) is 2. The first kappa shape index (κ1) is 29.3. The fraction of sp³-hybridized carbons (Fsp3) is 0.286. The van der Waals surface area contributed by atoms with Gasteiger partial charge >= 0.3 is 0 Å². The van der Waals surface area contributed by atoms with Gasteiger partial charge in [-0.05, 0) is 53.1 Å². The van der Waals surface area contributed by atoms with Gasteiger partial charge in [0, 0.05) is 48.4 Å². The summed E-state index contributed by atoms with van der Waals surface area (Å²) in [5, 5.41) is 5.66. The van der Waals surface area contributed by atoms with Gasteiger partial charge in [0.2, 0.25) is 11.8 Å². The predicted octanol–water partition coefficient (Wildman–Crippen LogP) is 6.65. The van der Waals surface area contributed by atoms with E-state index in [0.29, 0.717) is 36.5 Å². The van der Waals surface area contributed by atoms with Crippen LogP contribution in [0.15, 0.2) is 91.0 Å². The number of benzene rings is 4. The van der Waals surface area contributed by atoms with Gasteiger partial charge in [-0.15, -0.1) is 0 Å². The van der Waals surface area contributed by atoms with Crippen molar-refractivity contribution in [1.29, 1.82) is 0 Å².